The van der Waals surface area contributed by atoms with Gasteiger partial charge in [-0.05, 0) is 73.2 Å². The van der Waals surface area contributed by atoms with Crippen LogP contribution in [0.5, 0.6) is 0 Å². The first-order valence-electron chi connectivity index (χ1n) is 12.5. The summed E-state index contributed by atoms with van der Waals surface area (Å²) in [6.07, 6.45) is 5.21. The number of likely N-dealkylation sites (N-methyl/N-ethyl adjacent to an activating group) is 1. The van der Waals surface area contributed by atoms with Crippen molar-refractivity contribution in [3.05, 3.63) is 64.7 Å². The van der Waals surface area contributed by atoms with Crippen molar-refractivity contribution in [3.63, 3.8) is 0 Å². The molecule has 6 nitrogen and oxygen atoms in total. The molecule has 0 spiro atoms. The highest BCUT2D eigenvalue weighted by Gasteiger charge is 2.35. The Bertz CT molecular complexity index is 1050. The molecular formula is C27H37ClN2O4S. The lowest BCUT2D eigenvalue weighted by atomic mass is 9.80. The number of rotatable bonds is 13. The van der Waals surface area contributed by atoms with Gasteiger partial charge >= 0.3 is 5.97 Å². The Labute approximate surface area is 215 Å². The molecule has 1 saturated carbocycles. The summed E-state index contributed by atoms with van der Waals surface area (Å²) in [5, 5.41) is 0.507. The summed E-state index contributed by atoms with van der Waals surface area (Å²) in [6.45, 7) is 7.64. The molecule has 0 saturated heterocycles. The van der Waals surface area contributed by atoms with Gasteiger partial charge in [-0.2, -0.15) is 0 Å². The zero-order valence-electron chi connectivity index (χ0n) is 20.8. The first-order chi connectivity index (χ1) is 16.7. The van der Waals surface area contributed by atoms with Crippen LogP contribution in [0.25, 0.3) is 0 Å². The van der Waals surface area contributed by atoms with Crippen LogP contribution in [-0.4, -0.2) is 52.1 Å². The number of benzene rings is 2. The van der Waals surface area contributed by atoms with E-state index in [0.29, 0.717) is 18.2 Å². The maximum absolute atomic E-state index is 12.8. The number of sulfonamides is 1. The van der Waals surface area contributed by atoms with Crippen molar-refractivity contribution in [1.29, 1.82) is 0 Å². The molecule has 35 heavy (non-hydrogen) atoms. The molecule has 3 rings (SSSR count). The Hall–Kier alpha value is -1.93. The zero-order valence-corrected chi connectivity index (χ0v) is 22.3. The first kappa shape index (κ1) is 27.7. The van der Waals surface area contributed by atoms with Crippen LogP contribution in [0.4, 0.5) is 0 Å². The maximum atomic E-state index is 12.8. The summed E-state index contributed by atoms with van der Waals surface area (Å²) < 4.78 is 33.8. The molecular weight excluding hydrogens is 484 g/mol. The lowest BCUT2D eigenvalue weighted by molar-refractivity contribution is -0.143. The standard InChI is InChI=1S/C27H37ClN2O4S/c1-3-30(4-2)17-18-34-26(31)19-22-7-9-23(10-8-22)20-27(15-5-6-16-27)21-29-35(32,33)25-13-11-24(28)12-14-25/h7-14,29H,3-6,15-21H2,1-2H3. The van der Waals surface area contributed by atoms with Gasteiger partial charge in [0, 0.05) is 18.1 Å². The minimum absolute atomic E-state index is 0.107. The Morgan fingerprint density at radius 1 is 1.00 bits per heavy atom. The molecule has 0 bridgehead atoms. The molecule has 1 aliphatic rings. The number of ether oxygens (including phenoxy) is 1. The van der Waals surface area contributed by atoms with Crippen molar-refractivity contribution in [1.82, 2.24) is 9.62 Å². The SMILES string of the molecule is CCN(CC)CCOC(=O)Cc1ccc(CC2(CNS(=O)(=O)c3ccc(Cl)cc3)CCCC2)cc1. The summed E-state index contributed by atoms with van der Waals surface area (Å²) in [4.78, 5) is 14.6. The molecule has 1 aliphatic carbocycles. The second-order valence-corrected chi connectivity index (χ2v) is 11.6. The predicted molar refractivity (Wildman–Crippen MR) is 140 cm³/mol. The van der Waals surface area contributed by atoms with Gasteiger partial charge in [-0.1, -0.05) is 62.6 Å². The van der Waals surface area contributed by atoms with Crippen LogP contribution in [0, 0.1) is 5.41 Å². The maximum Gasteiger partial charge on any atom is 0.310 e. The van der Waals surface area contributed by atoms with Crippen molar-refractivity contribution in [2.75, 3.05) is 32.8 Å². The van der Waals surface area contributed by atoms with Gasteiger partial charge in [0.2, 0.25) is 10.0 Å². The number of halogens is 1. The van der Waals surface area contributed by atoms with Crippen LogP contribution in [0.3, 0.4) is 0 Å². The molecule has 0 heterocycles. The second kappa shape index (κ2) is 12.9. The molecule has 2 aromatic carbocycles. The van der Waals surface area contributed by atoms with E-state index < -0.39 is 10.0 Å². The zero-order chi connectivity index (χ0) is 25.3. The van der Waals surface area contributed by atoms with E-state index in [-0.39, 0.29) is 22.7 Å². The fraction of sp³-hybridized carbons (Fsp3) is 0.519. The summed E-state index contributed by atoms with van der Waals surface area (Å²) in [7, 11) is -3.59. The number of nitrogens with one attached hydrogen (secondary N) is 1. The van der Waals surface area contributed by atoms with Gasteiger partial charge in [0.25, 0.3) is 0 Å². The molecule has 1 N–H and O–H groups in total. The summed E-state index contributed by atoms with van der Waals surface area (Å²) in [5.41, 5.74) is 1.96. The van der Waals surface area contributed by atoms with Crippen LogP contribution in [0.1, 0.15) is 50.7 Å². The number of hydrogen-bond acceptors (Lipinski definition) is 5. The van der Waals surface area contributed by atoms with Gasteiger partial charge in [0.1, 0.15) is 6.61 Å². The van der Waals surface area contributed by atoms with Crippen molar-refractivity contribution in [2.45, 2.75) is 57.3 Å². The smallest absolute Gasteiger partial charge is 0.310 e. The van der Waals surface area contributed by atoms with Gasteiger partial charge in [-0.25, -0.2) is 13.1 Å². The highest BCUT2D eigenvalue weighted by molar-refractivity contribution is 7.89. The molecule has 0 radical (unpaired) electrons. The number of esters is 1. The minimum atomic E-state index is -3.59. The third-order valence-corrected chi connectivity index (χ3v) is 8.61. The quantitative estimate of drug-likeness (QED) is 0.382. The summed E-state index contributed by atoms with van der Waals surface area (Å²) >= 11 is 5.90. The molecule has 0 atom stereocenters. The fourth-order valence-corrected chi connectivity index (χ4v) is 6.02. The monoisotopic (exact) mass is 520 g/mol. The first-order valence-corrected chi connectivity index (χ1v) is 14.3. The van der Waals surface area contributed by atoms with E-state index in [4.69, 9.17) is 16.3 Å². The largest absolute Gasteiger partial charge is 0.464 e. The van der Waals surface area contributed by atoms with E-state index in [2.05, 4.69) is 23.5 Å². The minimum Gasteiger partial charge on any atom is -0.464 e. The highest BCUT2D eigenvalue weighted by Crippen LogP contribution is 2.40. The fourth-order valence-electron chi connectivity index (χ4n) is 4.74. The van der Waals surface area contributed by atoms with Crippen LogP contribution in [0.2, 0.25) is 5.02 Å². The van der Waals surface area contributed by atoms with Crippen molar-refractivity contribution < 1.29 is 17.9 Å². The van der Waals surface area contributed by atoms with Crippen LogP contribution in [0.15, 0.2) is 53.4 Å². The second-order valence-electron chi connectivity index (χ2n) is 9.40. The van der Waals surface area contributed by atoms with Gasteiger partial charge < -0.3 is 9.64 Å². The Morgan fingerprint density at radius 3 is 2.20 bits per heavy atom. The Morgan fingerprint density at radius 2 is 1.60 bits per heavy atom. The van der Waals surface area contributed by atoms with E-state index in [9.17, 15) is 13.2 Å². The van der Waals surface area contributed by atoms with E-state index >= 15 is 0 Å². The van der Waals surface area contributed by atoms with E-state index in [1.807, 2.05) is 24.3 Å². The Balaban J connectivity index is 1.55. The molecule has 0 aliphatic heterocycles. The number of carbonyl (C=O) groups is 1. The van der Waals surface area contributed by atoms with E-state index in [0.717, 1.165) is 62.9 Å². The molecule has 8 heteroatoms. The number of nitrogens with zero attached hydrogens (tertiary/aromatic N) is 1. The predicted octanol–water partition coefficient (Wildman–Crippen LogP) is 4.85. The number of hydrogen-bond donors (Lipinski definition) is 1. The van der Waals surface area contributed by atoms with Crippen LogP contribution >= 0.6 is 11.6 Å². The van der Waals surface area contributed by atoms with Gasteiger partial charge in [-0.3, -0.25) is 4.79 Å². The normalized spacial score (nSPS) is 15.4. The average Bonchev–Trinajstić information content (AvgIpc) is 3.31. The van der Waals surface area contributed by atoms with Crippen LogP contribution in [-0.2, 0) is 32.4 Å². The highest BCUT2D eigenvalue weighted by atomic mass is 35.5. The van der Waals surface area contributed by atoms with E-state index in [1.165, 1.54) is 12.1 Å². The molecule has 0 amide bonds. The molecule has 0 unspecified atom stereocenters. The van der Waals surface area contributed by atoms with Gasteiger partial charge in [-0.15, -0.1) is 0 Å². The van der Waals surface area contributed by atoms with Crippen LogP contribution < -0.4 is 4.72 Å². The molecule has 1 fully saturated rings. The summed E-state index contributed by atoms with van der Waals surface area (Å²) in [5.74, 6) is -0.214. The lowest BCUT2D eigenvalue weighted by Gasteiger charge is -2.29. The molecule has 0 aromatic heterocycles. The number of carbonyl (C=O) groups excluding carboxylic acids is 1. The van der Waals surface area contributed by atoms with Crippen molar-refractivity contribution >= 4 is 27.6 Å². The van der Waals surface area contributed by atoms with Gasteiger partial charge in [0.15, 0.2) is 0 Å². The van der Waals surface area contributed by atoms with Gasteiger partial charge in [0.05, 0.1) is 11.3 Å². The van der Waals surface area contributed by atoms with Crippen molar-refractivity contribution in [2.24, 2.45) is 5.41 Å². The molecule has 2 aromatic rings. The average molecular weight is 521 g/mol. The third-order valence-electron chi connectivity index (χ3n) is 6.94. The lowest BCUT2D eigenvalue weighted by Crippen LogP contribution is -2.37. The van der Waals surface area contributed by atoms with Crippen molar-refractivity contribution in [3.8, 4) is 0 Å². The molecule has 192 valence electrons. The van der Waals surface area contributed by atoms with E-state index in [1.54, 1.807) is 12.1 Å². The Kier molecular flexibility index (Phi) is 10.2. The topological polar surface area (TPSA) is 75.7 Å². The summed E-state index contributed by atoms with van der Waals surface area (Å²) in [6, 6.07) is 14.3. The third kappa shape index (κ3) is 8.31.